The van der Waals surface area contributed by atoms with Crippen molar-refractivity contribution in [1.82, 2.24) is 0 Å². The van der Waals surface area contributed by atoms with E-state index >= 15 is 0 Å². The van der Waals surface area contributed by atoms with E-state index in [0.717, 1.165) is 12.8 Å². The molecule has 2 heteroatoms. The van der Waals surface area contributed by atoms with Crippen LogP contribution in [-0.2, 0) is 4.74 Å². The third-order valence-electron chi connectivity index (χ3n) is 2.88. The van der Waals surface area contributed by atoms with E-state index in [1.807, 2.05) is 0 Å². The zero-order valence-electron chi connectivity index (χ0n) is 8.83. The summed E-state index contributed by atoms with van der Waals surface area (Å²) in [6.07, 6.45) is 6.91. The summed E-state index contributed by atoms with van der Waals surface area (Å²) in [5.41, 5.74) is 0. The topological polar surface area (TPSA) is 29.5 Å². The molecule has 1 aliphatic rings. The van der Waals surface area contributed by atoms with E-state index in [4.69, 9.17) is 4.74 Å². The summed E-state index contributed by atoms with van der Waals surface area (Å²) in [5.74, 6) is 0.539. The highest BCUT2D eigenvalue weighted by atomic mass is 16.6. The lowest BCUT2D eigenvalue weighted by Crippen LogP contribution is -2.13. The molecule has 1 aliphatic heterocycles. The summed E-state index contributed by atoms with van der Waals surface area (Å²) in [6, 6.07) is 0. The second-order valence-corrected chi connectivity index (χ2v) is 4.19. The Morgan fingerprint density at radius 2 is 2.08 bits per heavy atom. The van der Waals surface area contributed by atoms with Crippen LogP contribution < -0.4 is 0 Å². The first-order valence-corrected chi connectivity index (χ1v) is 5.57. The number of rotatable bonds is 5. The van der Waals surface area contributed by atoms with Crippen molar-refractivity contribution < 1.29 is 9.84 Å². The minimum atomic E-state index is -0.494. The minimum absolute atomic E-state index is 0.312. The van der Waals surface area contributed by atoms with Crippen molar-refractivity contribution in [2.45, 2.75) is 64.8 Å². The normalized spacial score (nSPS) is 33.9. The van der Waals surface area contributed by atoms with E-state index < -0.39 is 6.29 Å². The third kappa shape index (κ3) is 3.65. The monoisotopic (exact) mass is 186 g/mol. The van der Waals surface area contributed by atoms with Gasteiger partial charge in [-0.1, -0.05) is 39.5 Å². The Labute approximate surface area is 81.3 Å². The first-order valence-electron chi connectivity index (χ1n) is 5.57. The second kappa shape index (κ2) is 5.61. The van der Waals surface area contributed by atoms with E-state index in [-0.39, 0.29) is 0 Å². The largest absolute Gasteiger partial charge is 0.368 e. The number of unbranched alkanes of at least 4 members (excludes halogenated alkanes) is 3. The minimum Gasteiger partial charge on any atom is -0.368 e. The highest BCUT2D eigenvalue weighted by molar-refractivity contribution is 4.74. The van der Waals surface area contributed by atoms with Gasteiger partial charge in [-0.15, -0.1) is 0 Å². The van der Waals surface area contributed by atoms with Crippen molar-refractivity contribution in [2.24, 2.45) is 5.92 Å². The van der Waals surface area contributed by atoms with Crippen LogP contribution in [0.15, 0.2) is 0 Å². The van der Waals surface area contributed by atoms with Gasteiger partial charge >= 0.3 is 0 Å². The molecular weight excluding hydrogens is 164 g/mol. The molecule has 0 saturated carbocycles. The summed E-state index contributed by atoms with van der Waals surface area (Å²) in [4.78, 5) is 0. The molecule has 0 bridgehead atoms. The van der Waals surface area contributed by atoms with Gasteiger partial charge in [0.25, 0.3) is 0 Å². The molecule has 0 aromatic carbocycles. The Hall–Kier alpha value is -0.0800. The number of aliphatic hydroxyl groups is 1. The fourth-order valence-corrected chi connectivity index (χ4v) is 1.99. The van der Waals surface area contributed by atoms with Gasteiger partial charge in [0.1, 0.15) is 0 Å². The van der Waals surface area contributed by atoms with Crippen LogP contribution in [0.5, 0.6) is 0 Å². The lowest BCUT2D eigenvalue weighted by atomic mass is 9.98. The van der Waals surface area contributed by atoms with Gasteiger partial charge in [0, 0.05) is 6.42 Å². The van der Waals surface area contributed by atoms with E-state index in [1.165, 1.54) is 25.7 Å². The molecule has 0 spiro atoms. The second-order valence-electron chi connectivity index (χ2n) is 4.19. The summed E-state index contributed by atoms with van der Waals surface area (Å²) in [7, 11) is 0. The van der Waals surface area contributed by atoms with Crippen molar-refractivity contribution in [1.29, 1.82) is 0 Å². The molecule has 1 rings (SSSR count). The predicted octanol–water partition coefficient (Wildman–Crippen LogP) is 2.70. The summed E-state index contributed by atoms with van der Waals surface area (Å²) >= 11 is 0. The van der Waals surface area contributed by atoms with Crippen LogP contribution in [0.2, 0.25) is 0 Å². The number of ether oxygens (including phenoxy) is 1. The Morgan fingerprint density at radius 3 is 2.62 bits per heavy atom. The molecule has 78 valence electrons. The van der Waals surface area contributed by atoms with Crippen LogP contribution >= 0.6 is 0 Å². The summed E-state index contributed by atoms with van der Waals surface area (Å²) in [6.45, 7) is 4.39. The third-order valence-corrected chi connectivity index (χ3v) is 2.88. The molecule has 3 unspecified atom stereocenters. The molecule has 1 fully saturated rings. The molecule has 0 aromatic rings. The van der Waals surface area contributed by atoms with Gasteiger partial charge in [-0.3, -0.25) is 0 Å². The van der Waals surface area contributed by atoms with E-state index in [2.05, 4.69) is 13.8 Å². The quantitative estimate of drug-likeness (QED) is 0.669. The maximum atomic E-state index is 9.25. The Balaban J connectivity index is 2.07. The Kier molecular flexibility index (Phi) is 4.74. The van der Waals surface area contributed by atoms with Crippen LogP contribution in [-0.4, -0.2) is 17.5 Å². The molecule has 0 aromatic heterocycles. The zero-order chi connectivity index (χ0) is 9.68. The zero-order valence-corrected chi connectivity index (χ0v) is 8.83. The van der Waals surface area contributed by atoms with Gasteiger partial charge in [-0.2, -0.15) is 0 Å². The number of aliphatic hydroxyl groups excluding tert-OH is 1. The molecule has 1 heterocycles. The number of hydrogen-bond donors (Lipinski definition) is 1. The molecule has 1 N–H and O–H groups in total. The van der Waals surface area contributed by atoms with Gasteiger partial charge in [0.2, 0.25) is 0 Å². The first-order chi connectivity index (χ1) is 6.24. The lowest BCUT2D eigenvalue weighted by molar-refractivity contribution is -0.0937. The van der Waals surface area contributed by atoms with Crippen LogP contribution in [0.25, 0.3) is 0 Å². The molecule has 13 heavy (non-hydrogen) atoms. The predicted molar refractivity (Wildman–Crippen MR) is 53.4 cm³/mol. The smallest absolute Gasteiger partial charge is 0.155 e. The van der Waals surface area contributed by atoms with Crippen LogP contribution in [0.4, 0.5) is 0 Å². The molecule has 1 saturated heterocycles. The van der Waals surface area contributed by atoms with Crippen molar-refractivity contribution in [3.8, 4) is 0 Å². The summed E-state index contributed by atoms with van der Waals surface area (Å²) < 4.78 is 5.41. The van der Waals surface area contributed by atoms with Crippen molar-refractivity contribution in [3.05, 3.63) is 0 Å². The Bertz CT molecular complexity index is 136. The van der Waals surface area contributed by atoms with Gasteiger partial charge < -0.3 is 9.84 Å². The average Bonchev–Trinajstić information content (AvgIpc) is 2.39. The van der Waals surface area contributed by atoms with Crippen molar-refractivity contribution >= 4 is 0 Å². The van der Waals surface area contributed by atoms with E-state index in [1.54, 1.807) is 0 Å². The standard InChI is InChI=1S/C11H22O2/c1-3-4-5-6-7-10-9(2)8-11(12)13-10/h9-12H,3-8H2,1-2H3. The van der Waals surface area contributed by atoms with Gasteiger partial charge in [0.15, 0.2) is 6.29 Å². The molecule has 0 radical (unpaired) electrons. The summed E-state index contributed by atoms with van der Waals surface area (Å²) in [5, 5.41) is 9.25. The maximum Gasteiger partial charge on any atom is 0.155 e. The molecule has 2 nitrogen and oxygen atoms in total. The van der Waals surface area contributed by atoms with E-state index in [9.17, 15) is 5.11 Å². The molecule has 0 amide bonds. The van der Waals surface area contributed by atoms with Gasteiger partial charge in [-0.05, 0) is 12.3 Å². The van der Waals surface area contributed by atoms with Gasteiger partial charge in [-0.25, -0.2) is 0 Å². The molecular formula is C11H22O2. The van der Waals surface area contributed by atoms with Crippen molar-refractivity contribution in [2.75, 3.05) is 0 Å². The van der Waals surface area contributed by atoms with Gasteiger partial charge in [0.05, 0.1) is 6.10 Å². The average molecular weight is 186 g/mol. The SMILES string of the molecule is CCCCCCC1OC(O)CC1C. The highest BCUT2D eigenvalue weighted by Gasteiger charge is 2.29. The Morgan fingerprint density at radius 1 is 1.31 bits per heavy atom. The molecule has 0 aliphatic carbocycles. The van der Waals surface area contributed by atoms with Crippen molar-refractivity contribution in [3.63, 3.8) is 0 Å². The first kappa shape index (κ1) is 11.0. The maximum absolute atomic E-state index is 9.25. The van der Waals surface area contributed by atoms with E-state index in [0.29, 0.717) is 12.0 Å². The number of hydrogen-bond acceptors (Lipinski definition) is 2. The van der Waals surface area contributed by atoms with Crippen LogP contribution in [0.3, 0.4) is 0 Å². The fourth-order valence-electron chi connectivity index (χ4n) is 1.99. The lowest BCUT2D eigenvalue weighted by Gasteiger charge is -2.13. The van der Waals surface area contributed by atoms with Crippen LogP contribution in [0.1, 0.15) is 52.4 Å². The fraction of sp³-hybridized carbons (Fsp3) is 1.00. The highest BCUT2D eigenvalue weighted by Crippen LogP contribution is 2.28. The molecule has 3 atom stereocenters. The van der Waals surface area contributed by atoms with Crippen LogP contribution in [0, 0.1) is 5.92 Å².